The molecule has 3 rings (SSSR count). The summed E-state index contributed by atoms with van der Waals surface area (Å²) in [5.41, 5.74) is 1.15. The Kier molecular flexibility index (Phi) is 3.73. The van der Waals surface area contributed by atoms with Gasteiger partial charge in [0.2, 0.25) is 0 Å². The fourth-order valence-electron chi connectivity index (χ4n) is 2.16. The summed E-state index contributed by atoms with van der Waals surface area (Å²) in [5, 5.41) is 0.532. The van der Waals surface area contributed by atoms with E-state index in [1.54, 1.807) is 18.3 Å². The molecule has 106 valence electrons. The Bertz CT molecular complexity index is 762. The van der Waals surface area contributed by atoms with E-state index in [9.17, 15) is 9.59 Å². The predicted octanol–water partition coefficient (Wildman–Crippen LogP) is 3.88. The molecule has 1 aromatic heterocycles. The SMILES string of the molecule is O=C1C(=O)N(Cc2ccc(Br)cn2)c2c(Cl)ccc(Cl)c21. The summed E-state index contributed by atoms with van der Waals surface area (Å²) in [5.74, 6) is -1.29. The Labute approximate surface area is 138 Å². The Balaban J connectivity index is 2.05. The van der Waals surface area contributed by atoms with E-state index in [0.717, 1.165) is 4.47 Å². The highest BCUT2D eigenvalue weighted by Gasteiger charge is 2.39. The number of hydrogen-bond donors (Lipinski definition) is 0. The number of hydrogen-bond acceptors (Lipinski definition) is 3. The summed E-state index contributed by atoms with van der Waals surface area (Å²) in [6.45, 7) is 0.158. The molecule has 1 aliphatic heterocycles. The molecule has 7 heteroatoms. The zero-order valence-corrected chi connectivity index (χ0v) is 13.5. The molecule has 0 unspecified atom stereocenters. The van der Waals surface area contributed by atoms with E-state index in [2.05, 4.69) is 20.9 Å². The number of nitrogens with zero attached hydrogens (tertiary/aromatic N) is 2. The average molecular weight is 386 g/mol. The molecular weight excluding hydrogens is 379 g/mol. The van der Waals surface area contributed by atoms with Crippen LogP contribution in [0.15, 0.2) is 34.9 Å². The lowest BCUT2D eigenvalue weighted by atomic mass is 10.1. The molecule has 0 N–H and O–H groups in total. The van der Waals surface area contributed by atoms with E-state index < -0.39 is 11.7 Å². The van der Waals surface area contributed by atoms with Crippen LogP contribution in [0.4, 0.5) is 5.69 Å². The number of aromatic nitrogens is 1. The van der Waals surface area contributed by atoms with Gasteiger partial charge in [-0.15, -0.1) is 0 Å². The first-order valence-electron chi connectivity index (χ1n) is 5.93. The van der Waals surface area contributed by atoms with Crippen LogP contribution in [0.3, 0.4) is 0 Å². The van der Waals surface area contributed by atoms with Crippen LogP contribution < -0.4 is 4.90 Å². The summed E-state index contributed by atoms with van der Waals surface area (Å²) in [4.78, 5) is 29.7. The van der Waals surface area contributed by atoms with Gasteiger partial charge in [-0.1, -0.05) is 23.2 Å². The Morgan fingerprint density at radius 3 is 2.48 bits per heavy atom. The lowest BCUT2D eigenvalue weighted by molar-refractivity contribution is -0.114. The van der Waals surface area contributed by atoms with E-state index >= 15 is 0 Å². The monoisotopic (exact) mass is 384 g/mol. The highest BCUT2D eigenvalue weighted by molar-refractivity contribution is 9.10. The highest BCUT2D eigenvalue weighted by Crippen LogP contribution is 2.40. The highest BCUT2D eigenvalue weighted by atomic mass is 79.9. The number of carbonyl (C=O) groups is 2. The molecule has 0 spiro atoms. The van der Waals surface area contributed by atoms with Crippen molar-refractivity contribution in [2.75, 3.05) is 4.90 Å². The molecule has 2 aromatic rings. The standard InChI is InChI=1S/C14H7BrCl2N2O2/c15-7-1-2-8(18-5-7)6-19-12-10(17)4-3-9(16)11(12)13(20)14(19)21/h1-5H,6H2. The molecule has 0 saturated carbocycles. The maximum Gasteiger partial charge on any atom is 0.299 e. The summed E-state index contributed by atoms with van der Waals surface area (Å²) in [6.07, 6.45) is 1.62. The maximum atomic E-state index is 12.2. The molecule has 0 aliphatic carbocycles. The van der Waals surface area contributed by atoms with E-state index in [0.29, 0.717) is 16.4 Å². The molecule has 0 saturated heterocycles. The minimum absolute atomic E-state index is 0.158. The summed E-state index contributed by atoms with van der Waals surface area (Å²) in [6, 6.07) is 6.65. The summed E-state index contributed by atoms with van der Waals surface area (Å²) < 4.78 is 0.830. The average Bonchev–Trinajstić information content (AvgIpc) is 2.71. The number of rotatable bonds is 2. The van der Waals surface area contributed by atoms with Crippen molar-refractivity contribution in [2.24, 2.45) is 0 Å². The lowest BCUT2D eigenvalue weighted by Gasteiger charge is -2.17. The topological polar surface area (TPSA) is 50.3 Å². The Hall–Kier alpha value is -1.43. The number of ketones is 1. The number of anilines is 1. The molecule has 4 nitrogen and oxygen atoms in total. The Morgan fingerprint density at radius 2 is 1.81 bits per heavy atom. The molecule has 2 heterocycles. The molecule has 0 fully saturated rings. The minimum Gasteiger partial charge on any atom is -0.297 e. The second-order valence-corrected chi connectivity index (χ2v) is 6.17. The molecular formula is C14H7BrCl2N2O2. The van der Waals surface area contributed by atoms with Gasteiger partial charge in [-0.25, -0.2) is 0 Å². The largest absolute Gasteiger partial charge is 0.299 e. The van der Waals surface area contributed by atoms with Crippen molar-refractivity contribution in [3.63, 3.8) is 0 Å². The van der Waals surface area contributed by atoms with Gasteiger partial charge in [-0.3, -0.25) is 19.5 Å². The first-order valence-corrected chi connectivity index (χ1v) is 7.48. The van der Waals surface area contributed by atoms with Crippen LogP contribution in [-0.4, -0.2) is 16.7 Å². The van der Waals surface area contributed by atoms with Gasteiger partial charge in [0.05, 0.1) is 33.5 Å². The second kappa shape index (κ2) is 5.40. The molecule has 0 atom stereocenters. The van der Waals surface area contributed by atoms with Crippen molar-refractivity contribution in [2.45, 2.75) is 6.54 Å². The molecule has 1 aromatic carbocycles. The number of amides is 1. The maximum absolute atomic E-state index is 12.2. The van der Waals surface area contributed by atoms with Gasteiger partial charge in [0.1, 0.15) is 0 Å². The van der Waals surface area contributed by atoms with Gasteiger partial charge < -0.3 is 0 Å². The van der Waals surface area contributed by atoms with Gasteiger partial charge in [-0.2, -0.15) is 0 Å². The molecule has 0 bridgehead atoms. The normalized spacial score (nSPS) is 13.8. The Morgan fingerprint density at radius 1 is 1.10 bits per heavy atom. The fraction of sp³-hybridized carbons (Fsp3) is 0.0714. The second-order valence-electron chi connectivity index (χ2n) is 4.44. The quantitative estimate of drug-likeness (QED) is 0.737. The van der Waals surface area contributed by atoms with Crippen LogP contribution in [-0.2, 0) is 11.3 Å². The number of benzene rings is 1. The smallest absolute Gasteiger partial charge is 0.297 e. The fourth-order valence-corrected chi connectivity index (χ4v) is 2.90. The lowest BCUT2D eigenvalue weighted by Crippen LogP contribution is -2.29. The number of carbonyl (C=O) groups excluding carboxylic acids is 2. The van der Waals surface area contributed by atoms with Gasteiger partial charge >= 0.3 is 0 Å². The van der Waals surface area contributed by atoms with Crippen molar-refractivity contribution in [1.29, 1.82) is 0 Å². The van der Waals surface area contributed by atoms with Crippen molar-refractivity contribution >= 4 is 56.5 Å². The minimum atomic E-state index is -0.648. The van der Waals surface area contributed by atoms with Crippen LogP contribution in [0.25, 0.3) is 0 Å². The van der Waals surface area contributed by atoms with E-state index in [1.165, 1.54) is 11.0 Å². The van der Waals surface area contributed by atoms with Gasteiger partial charge in [-0.05, 0) is 40.2 Å². The van der Waals surface area contributed by atoms with Crippen LogP contribution in [0.2, 0.25) is 10.0 Å². The number of Topliss-reactive ketones (excluding diaryl/α,β-unsaturated/α-hetero) is 1. The molecule has 1 amide bonds. The van der Waals surface area contributed by atoms with Gasteiger partial charge in [0, 0.05) is 10.7 Å². The third-order valence-electron chi connectivity index (χ3n) is 3.12. The van der Waals surface area contributed by atoms with Crippen molar-refractivity contribution in [3.8, 4) is 0 Å². The number of fused-ring (bicyclic) bond motifs is 1. The van der Waals surface area contributed by atoms with Crippen LogP contribution >= 0.6 is 39.1 Å². The van der Waals surface area contributed by atoms with Crippen molar-refractivity contribution < 1.29 is 9.59 Å². The van der Waals surface area contributed by atoms with Crippen LogP contribution in [0.5, 0.6) is 0 Å². The van der Waals surface area contributed by atoms with Crippen LogP contribution in [0, 0.1) is 0 Å². The third-order valence-corrected chi connectivity index (χ3v) is 4.21. The first-order chi connectivity index (χ1) is 9.99. The third kappa shape index (κ3) is 2.46. The van der Waals surface area contributed by atoms with Crippen molar-refractivity contribution in [3.05, 3.63) is 56.2 Å². The summed E-state index contributed by atoms with van der Waals surface area (Å²) >= 11 is 15.4. The summed E-state index contributed by atoms with van der Waals surface area (Å²) in [7, 11) is 0. The molecule has 1 aliphatic rings. The molecule has 21 heavy (non-hydrogen) atoms. The van der Waals surface area contributed by atoms with E-state index in [4.69, 9.17) is 23.2 Å². The number of halogens is 3. The molecule has 0 radical (unpaired) electrons. The number of pyridine rings is 1. The van der Waals surface area contributed by atoms with Crippen molar-refractivity contribution in [1.82, 2.24) is 4.98 Å². The van der Waals surface area contributed by atoms with Gasteiger partial charge in [0.25, 0.3) is 11.7 Å². The zero-order chi connectivity index (χ0) is 15.1. The predicted molar refractivity (Wildman–Crippen MR) is 83.9 cm³/mol. The first kappa shape index (κ1) is 14.5. The zero-order valence-electron chi connectivity index (χ0n) is 10.4. The van der Waals surface area contributed by atoms with E-state index in [-0.39, 0.29) is 17.1 Å². The van der Waals surface area contributed by atoms with E-state index in [1.807, 2.05) is 6.07 Å². The van der Waals surface area contributed by atoms with Crippen LogP contribution in [0.1, 0.15) is 16.1 Å². The van der Waals surface area contributed by atoms with Gasteiger partial charge in [0.15, 0.2) is 0 Å².